The minimum Gasteiger partial charge on any atom is -0.309 e. The van der Waals surface area contributed by atoms with Crippen molar-refractivity contribution in [2.75, 3.05) is 0 Å². The summed E-state index contributed by atoms with van der Waals surface area (Å²) < 4.78 is 2.38. The van der Waals surface area contributed by atoms with Gasteiger partial charge in [-0.2, -0.15) is 0 Å². The zero-order valence-corrected chi connectivity index (χ0v) is 34.8. The number of hydrogen-bond acceptors (Lipinski definition) is 0. The molecule has 0 radical (unpaired) electrons. The van der Waals surface area contributed by atoms with E-state index in [4.69, 9.17) is 0 Å². The van der Waals surface area contributed by atoms with Gasteiger partial charge in [0.05, 0.1) is 11.0 Å². The van der Waals surface area contributed by atoms with Gasteiger partial charge in [0.1, 0.15) is 0 Å². The molecule has 0 N–H and O–H groups in total. The highest BCUT2D eigenvalue weighted by atomic mass is 15.0. The lowest BCUT2D eigenvalue weighted by Crippen LogP contribution is -2.11. The summed E-state index contributed by atoms with van der Waals surface area (Å²) in [5.41, 5.74) is 16.2. The molecule has 0 spiro atoms. The van der Waals surface area contributed by atoms with E-state index in [0.717, 1.165) is 0 Å². The van der Waals surface area contributed by atoms with E-state index >= 15 is 0 Å². The Bertz CT molecular complexity index is 3170. The summed E-state index contributed by atoms with van der Waals surface area (Å²) in [6.07, 6.45) is 0. The summed E-state index contributed by atoms with van der Waals surface area (Å²) in [7, 11) is 0. The van der Waals surface area contributed by atoms with Gasteiger partial charge in [-0.05, 0) is 130 Å². The van der Waals surface area contributed by atoms with E-state index in [0.29, 0.717) is 0 Å². The molecule has 0 unspecified atom stereocenters. The lowest BCUT2D eigenvalue weighted by molar-refractivity contribution is 0.590. The summed E-state index contributed by atoms with van der Waals surface area (Å²) in [5.74, 6) is 0. The standard InChI is InChI=1S/C58H49N/c1-57(2,3)44-31-33-49-51(36-44)55(41-25-21-39(22-26-41)38-15-9-7-10-16-38)48-32-30-45(58(4,5)6)37-52(48)56(49)42-27-23-40(24-28-42)43-29-34-54-50(35-43)47-19-13-14-20-53(47)59(54)46-17-11-8-12-18-46/h7-37H,1-6H3. The molecule has 1 heterocycles. The molecule has 0 saturated heterocycles. The quantitative estimate of drug-likeness (QED) is 0.154. The SMILES string of the molecule is CC(C)(C)c1ccc2c(-c3ccc(-c4ccc5c(c4)c4ccccc4n5-c4ccccc4)cc3)c3cc(C(C)(C)C)ccc3c(-c3ccc(-c4ccccc4)cc3)c2c1. The first-order valence-corrected chi connectivity index (χ1v) is 20.9. The van der Waals surface area contributed by atoms with Crippen molar-refractivity contribution < 1.29 is 0 Å². The number of aromatic nitrogens is 1. The van der Waals surface area contributed by atoms with E-state index in [1.54, 1.807) is 0 Å². The van der Waals surface area contributed by atoms with Gasteiger partial charge < -0.3 is 4.57 Å². The third kappa shape index (κ3) is 6.43. The third-order valence-corrected chi connectivity index (χ3v) is 12.3. The largest absolute Gasteiger partial charge is 0.309 e. The predicted molar refractivity (Wildman–Crippen MR) is 255 cm³/mol. The van der Waals surface area contributed by atoms with Crippen LogP contribution in [-0.2, 0) is 10.8 Å². The van der Waals surface area contributed by atoms with Gasteiger partial charge in [0.2, 0.25) is 0 Å². The summed E-state index contributed by atoms with van der Waals surface area (Å²) in [4.78, 5) is 0. The molecule has 0 aliphatic heterocycles. The second kappa shape index (κ2) is 14.0. The molecule has 10 aromatic rings. The van der Waals surface area contributed by atoms with E-state index < -0.39 is 0 Å². The maximum Gasteiger partial charge on any atom is 0.0541 e. The summed E-state index contributed by atoms with van der Waals surface area (Å²) >= 11 is 0. The van der Waals surface area contributed by atoms with E-state index in [1.807, 2.05) is 0 Å². The second-order valence-electron chi connectivity index (χ2n) is 18.2. The van der Waals surface area contributed by atoms with Gasteiger partial charge in [0, 0.05) is 16.5 Å². The van der Waals surface area contributed by atoms with Crippen molar-refractivity contribution >= 4 is 43.4 Å². The average molecular weight is 760 g/mol. The number of nitrogens with zero attached hydrogens (tertiary/aromatic N) is 1. The summed E-state index contributed by atoms with van der Waals surface area (Å²) in [6.45, 7) is 13.9. The fourth-order valence-electron chi connectivity index (χ4n) is 9.08. The molecule has 9 aromatic carbocycles. The van der Waals surface area contributed by atoms with Gasteiger partial charge in [0.25, 0.3) is 0 Å². The van der Waals surface area contributed by atoms with E-state index in [-0.39, 0.29) is 10.8 Å². The van der Waals surface area contributed by atoms with Gasteiger partial charge in [-0.25, -0.2) is 0 Å². The highest BCUT2D eigenvalue weighted by molar-refractivity contribution is 6.22. The monoisotopic (exact) mass is 759 g/mol. The van der Waals surface area contributed by atoms with Gasteiger partial charge in [-0.3, -0.25) is 0 Å². The molecular formula is C58H49N. The third-order valence-electron chi connectivity index (χ3n) is 12.3. The molecule has 10 rings (SSSR count). The molecule has 0 bridgehead atoms. The predicted octanol–water partition coefficient (Wildman–Crippen LogP) is 16.4. The van der Waals surface area contributed by atoms with Crippen molar-refractivity contribution in [1.29, 1.82) is 0 Å². The minimum atomic E-state index is 0.000138. The molecule has 1 heteroatoms. The Morgan fingerprint density at radius 2 is 0.712 bits per heavy atom. The van der Waals surface area contributed by atoms with Crippen LogP contribution in [0.5, 0.6) is 0 Å². The minimum absolute atomic E-state index is 0.000138. The van der Waals surface area contributed by atoms with E-state index in [1.165, 1.54) is 105 Å². The van der Waals surface area contributed by atoms with Gasteiger partial charge >= 0.3 is 0 Å². The summed E-state index contributed by atoms with van der Waals surface area (Å²) in [5, 5.41) is 7.67. The van der Waals surface area contributed by atoms with E-state index in [2.05, 4.69) is 234 Å². The molecule has 286 valence electrons. The molecule has 0 aliphatic rings. The Kier molecular flexibility index (Phi) is 8.69. The molecule has 59 heavy (non-hydrogen) atoms. The fourth-order valence-corrected chi connectivity index (χ4v) is 9.08. The number of hydrogen-bond donors (Lipinski definition) is 0. The van der Waals surface area contributed by atoms with E-state index in [9.17, 15) is 0 Å². The molecular weight excluding hydrogens is 711 g/mol. The Balaban J connectivity index is 1.17. The maximum absolute atomic E-state index is 2.47. The first-order valence-electron chi connectivity index (χ1n) is 20.9. The van der Waals surface area contributed by atoms with Crippen molar-refractivity contribution in [3.8, 4) is 50.2 Å². The first kappa shape index (κ1) is 36.6. The lowest BCUT2D eigenvalue weighted by Gasteiger charge is -2.25. The average Bonchev–Trinajstić information content (AvgIpc) is 3.59. The Hall–Kier alpha value is -6.70. The molecule has 0 atom stereocenters. The number of benzene rings is 9. The van der Waals surface area contributed by atoms with Crippen LogP contribution in [0.4, 0.5) is 0 Å². The van der Waals surface area contributed by atoms with Crippen molar-refractivity contribution in [1.82, 2.24) is 4.57 Å². The van der Waals surface area contributed by atoms with Gasteiger partial charge in [0.15, 0.2) is 0 Å². The Labute approximate surface area is 348 Å². The van der Waals surface area contributed by atoms with Gasteiger partial charge in [-0.1, -0.05) is 187 Å². The van der Waals surface area contributed by atoms with Crippen LogP contribution in [-0.4, -0.2) is 4.57 Å². The first-order chi connectivity index (χ1) is 28.5. The molecule has 0 fully saturated rings. The topological polar surface area (TPSA) is 4.93 Å². The maximum atomic E-state index is 2.47. The summed E-state index contributed by atoms with van der Waals surface area (Å²) in [6, 6.07) is 70.0. The molecule has 0 amide bonds. The Morgan fingerprint density at radius 1 is 0.288 bits per heavy atom. The van der Waals surface area contributed by atoms with Crippen LogP contribution >= 0.6 is 0 Å². The van der Waals surface area contributed by atoms with Crippen LogP contribution in [0.1, 0.15) is 52.7 Å². The number of rotatable bonds is 5. The van der Waals surface area contributed by atoms with Crippen LogP contribution in [0.2, 0.25) is 0 Å². The van der Waals surface area contributed by atoms with Crippen LogP contribution in [0.15, 0.2) is 188 Å². The van der Waals surface area contributed by atoms with Crippen LogP contribution in [0, 0.1) is 0 Å². The highest BCUT2D eigenvalue weighted by Crippen LogP contribution is 2.47. The lowest BCUT2D eigenvalue weighted by atomic mass is 9.79. The number of fused-ring (bicyclic) bond motifs is 5. The number of para-hydroxylation sites is 2. The zero-order chi connectivity index (χ0) is 40.5. The van der Waals surface area contributed by atoms with Crippen molar-refractivity contribution in [2.24, 2.45) is 0 Å². The molecule has 1 aromatic heterocycles. The second-order valence-corrected chi connectivity index (χ2v) is 18.2. The van der Waals surface area contributed by atoms with Crippen LogP contribution < -0.4 is 0 Å². The highest BCUT2D eigenvalue weighted by Gasteiger charge is 2.23. The van der Waals surface area contributed by atoms with Crippen LogP contribution in [0.25, 0.3) is 93.5 Å². The normalized spacial score (nSPS) is 12.2. The van der Waals surface area contributed by atoms with Crippen molar-refractivity contribution in [3.63, 3.8) is 0 Å². The van der Waals surface area contributed by atoms with Crippen LogP contribution in [0.3, 0.4) is 0 Å². The fraction of sp³-hybridized carbons (Fsp3) is 0.138. The van der Waals surface area contributed by atoms with Gasteiger partial charge in [-0.15, -0.1) is 0 Å². The zero-order valence-electron chi connectivity index (χ0n) is 34.8. The molecule has 0 aliphatic carbocycles. The van der Waals surface area contributed by atoms with Crippen molar-refractivity contribution in [2.45, 2.75) is 52.4 Å². The van der Waals surface area contributed by atoms with Crippen molar-refractivity contribution in [3.05, 3.63) is 199 Å². The molecule has 0 saturated carbocycles. The smallest absolute Gasteiger partial charge is 0.0541 e. The Morgan fingerprint density at radius 3 is 1.25 bits per heavy atom. The molecule has 1 nitrogen and oxygen atoms in total.